The number of hydrogen-bond acceptors (Lipinski definition) is 4. The average molecular weight is 304 g/mol. The number of nitrogens with one attached hydrogen (secondary N) is 1. The van der Waals surface area contributed by atoms with Crippen LogP contribution in [0.1, 0.15) is 48.6 Å². The molecule has 2 aliphatic heterocycles. The zero-order valence-electron chi connectivity index (χ0n) is 11.9. The predicted octanol–water partition coefficient (Wildman–Crippen LogP) is 2.23. The standard InChI is InChI=1S/C16H20N2O2S/c19-15-6-5-14(16(20)17-15)13-3-1-11(2-4-13)12-7-9-18(21)10-8-12/h1-4,12,14,21H,5-10H2,(H,17,19,20). The number of carbonyl (C=O) groups excluding carboxylic acids is 2. The van der Waals surface area contributed by atoms with Gasteiger partial charge in [0.2, 0.25) is 11.8 Å². The van der Waals surface area contributed by atoms with Crippen LogP contribution in [0, 0.1) is 0 Å². The first-order chi connectivity index (χ1) is 10.1. The Labute approximate surface area is 130 Å². The number of amides is 2. The molecule has 2 saturated heterocycles. The van der Waals surface area contributed by atoms with Gasteiger partial charge in [-0.3, -0.25) is 19.2 Å². The van der Waals surface area contributed by atoms with Gasteiger partial charge in [0.25, 0.3) is 0 Å². The van der Waals surface area contributed by atoms with Gasteiger partial charge in [-0.1, -0.05) is 37.1 Å². The van der Waals surface area contributed by atoms with Gasteiger partial charge in [-0.05, 0) is 36.3 Å². The molecule has 0 aromatic heterocycles. The van der Waals surface area contributed by atoms with Gasteiger partial charge in [0.1, 0.15) is 0 Å². The molecule has 2 heterocycles. The van der Waals surface area contributed by atoms with Crippen LogP contribution in [0.3, 0.4) is 0 Å². The van der Waals surface area contributed by atoms with Crippen LogP contribution in [-0.2, 0) is 9.59 Å². The number of rotatable bonds is 2. The molecule has 112 valence electrons. The average Bonchev–Trinajstić information content (AvgIpc) is 2.48. The van der Waals surface area contributed by atoms with Crippen LogP contribution in [-0.4, -0.2) is 29.2 Å². The summed E-state index contributed by atoms with van der Waals surface area (Å²) in [6, 6.07) is 8.36. The Balaban J connectivity index is 1.69. The van der Waals surface area contributed by atoms with E-state index in [-0.39, 0.29) is 17.7 Å². The summed E-state index contributed by atoms with van der Waals surface area (Å²) < 4.78 is 2.06. The lowest BCUT2D eigenvalue weighted by Gasteiger charge is -2.28. The first-order valence-electron chi connectivity index (χ1n) is 7.51. The van der Waals surface area contributed by atoms with E-state index in [0.29, 0.717) is 18.8 Å². The van der Waals surface area contributed by atoms with Gasteiger partial charge in [0.15, 0.2) is 0 Å². The normalized spacial score (nSPS) is 24.9. The molecule has 5 heteroatoms. The summed E-state index contributed by atoms with van der Waals surface area (Å²) >= 11 is 4.38. The molecule has 0 aliphatic carbocycles. The largest absolute Gasteiger partial charge is 0.296 e. The number of imide groups is 1. The highest BCUT2D eigenvalue weighted by atomic mass is 32.1. The minimum absolute atomic E-state index is 0.161. The third-order valence-corrected chi connectivity index (χ3v) is 4.92. The molecule has 1 N–H and O–H groups in total. The summed E-state index contributed by atoms with van der Waals surface area (Å²) in [5, 5.41) is 2.42. The van der Waals surface area contributed by atoms with Crippen LogP contribution in [0.2, 0.25) is 0 Å². The van der Waals surface area contributed by atoms with Crippen molar-refractivity contribution in [2.75, 3.05) is 13.1 Å². The molecule has 1 aromatic carbocycles. The fourth-order valence-electron chi connectivity index (χ4n) is 3.21. The Bertz CT molecular complexity index is 536. The quantitative estimate of drug-likeness (QED) is 0.651. The highest BCUT2D eigenvalue weighted by Gasteiger charge is 2.28. The van der Waals surface area contributed by atoms with E-state index in [1.165, 1.54) is 5.56 Å². The summed E-state index contributed by atoms with van der Waals surface area (Å²) in [4.78, 5) is 23.1. The number of nitrogens with zero attached hydrogens (tertiary/aromatic N) is 1. The van der Waals surface area contributed by atoms with Gasteiger partial charge in [-0.15, -0.1) is 0 Å². The van der Waals surface area contributed by atoms with Gasteiger partial charge >= 0.3 is 0 Å². The third-order valence-electron chi connectivity index (χ3n) is 4.52. The Morgan fingerprint density at radius 1 is 1.00 bits per heavy atom. The van der Waals surface area contributed by atoms with Crippen LogP contribution < -0.4 is 5.32 Å². The van der Waals surface area contributed by atoms with Crippen molar-refractivity contribution in [3.63, 3.8) is 0 Å². The Morgan fingerprint density at radius 2 is 1.62 bits per heavy atom. The van der Waals surface area contributed by atoms with Gasteiger partial charge in [-0.25, -0.2) is 0 Å². The molecular formula is C16H20N2O2S. The number of thiol groups is 1. The Hall–Kier alpha value is -1.33. The second-order valence-corrected chi connectivity index (χ2v) is 6.46. The van der Waals surface area contributed by atoms with Gasteiger partial charge in [0.05, 0.1) is 5.92 Å². The highest BCUT2D eigenvalue weighted by molar-refractivity contribution is 7.77. The summed E-state index contributed by atoms with van der Waals surface area (Å²) in [6.45, 7) is 2.03. The van der Waals surface area contributed by atoms with Gasteiger partial charge in [-0.2, -0.15) is 0 Å². The SMILES string of the molecule is O=C1CCC(c2ccc(C3CCN(S)CC3)cc2)C(=O)N1. The third kappa shape index (κ3) is 3.30. The van der Waals surface area contributed by atoms with Crippen LogP contribution in [0.4, 0.5) is 0 Å². The molecule has 0 saturated carbocycles. The zero-order chi connectivity index (χ0) is 14.8. The lowest BCUT2D eigenvalue weighted by molar-refractivity contribution is -0.134. The Morgan fingerprint density at radius 3 is 2.24 bits per heavy atom. The van der Waals surface area contributed by atoms with Crippen molar-refractivity contribution in [2.24, 2.45) is 0 Å². The first-order valence-corrected chi connectivity index (χ1v) is 7.91. The van der Waals surface area contributed by atoms with E-state index in [0.717, 1.165) is 31.5 Å². The number of hydrogen-bond donors (Lipinski definition) is 2. The molecule has 0 bridgehead atoms. The maximum Gasteiger partial charge on any atom is 0.234 e. The topological polar surface area (TPSA) is 49.4 Å². The number of carbonyl (C=O) groups is 2. The molecule has 0 radical (unpaired) electrons. The first kappa shape index (κ1) is 14.6. The van der Waals surface area contributed by atoms with E-state index < -0.39 is 0 Å². The second-order valence-electron chi connectivity index (χ2n) is 5.90. The molecule has 0 spiro atoms. The van der Waals surface area contributed by atoms with Crippen molar-refractivity contribution in [1.82, 2.24) is 9.62 Å². The van der Waals surface area contributed by atoms with E-state index in [4.69, 9.17) is 0 Å². The van der Waals surface area contributed by atoms with E-state index >= 15 is 0 Å². The summed E-state index contributed by atoms with van der Waals surface area (Å²) in [5.41, 5.74) is 2.35. The predicted molar refractivity (Wildman–Crippen MR) is 84.1 cm³/mol. The van der Waals surface area contributed by atoms with Crippen molar-refractivity contribution in [2.45, 2.75) is 37.5 Å². The molecule has 4 nitrogen and oxygen atoms in total. The van der Waals surface area contributed by atoms with Crippen molar-refractivity contribution in [1.29, 1.82) is 0 Å². The zero-order valence-corrected chi connectivity index (χ0v) is 12.8. The van der Waals surface area contributed by atoms with Crippen LogP contribution >= 0.6 is 12.8 Å². The lowest BCUT2D eigenvalue weighted by Crippen LogP contribution is -2.39. The smallest absolute Gasteiger partial charge is 0.234 e. The molecular weight excluding hydrogens is 284 g/mol. The number of benzene rings is 1. The van der Waals surface area contributed by atoms with Crippen LogP contribution in [0.15, 0.2) is 24.3 Å². The molecule has 3 rings (SSSR count). The van der Waals surface area contributed by atoms with Crippen molar-refractivity contribution < 1.29 is 9.59 Å². The van der Waals surface area contributed by atoms with Crippen molar-refractivity contribution in [3.8, 4) is 0 Å². The fourth-order valence-corrected chi connectivity index (χ4v) is 3.44. The Kier molecular flexibility index (Phi) is 4.31. The second kappa shape index (κ2) is 6.20. The van der Waals surface area contributed by atoms with Crippen LogP contribution in [0.5, 0.6) is 0 Å². The summed E-state index contributed by atoms with van der Waals surface area (Å²) in [7, 11) is 0. The number of piperidine rings is 2. The lowest BCUT2D eigenvalue weighted by atomic mass is 9.86. The molecule has 21 heavy (non-hydrogen) atoms. The van der Waals surface area contributed by atoms with E-state index in [1.807, 2.05) is 12.1 Å². The van der Waals surface area contributed by atoms with E-state index in [2.05, 4.69) is 34.6 Å². The van der Waals surface area contributed by atoms with E-state index in [9.17, 15) is 9.59 Å². The minimum Gasteiger partial charge on any atom is -0.296 e. The van der Waals surface area contributed by atoms with Gasteiger partial charge in [0, 0.05) is 19.5 Å². The molecule has 1 aromatic rings. The maximum absolute atomic E-state index is 11.9. The summed E-state index contributed by atoms with van der Waals surface area (Å²) in [6.07, 6.45) is 3.29. The summed E-state index contributed by atoms with van der Waals surface area (Å²) in [5.74, 6) is 0.0778. The molecule has 2 fully saturated rings. The monoisotopic (exact) mass is 304 g/mol. The molecule has 2 aliphatic rings. The van der Waals surface area contributed by atoms with Crippen molar-refractivity contribution in [3.05, 3.63) is 35.4 Å². The van der Waals surface area contributed by atoms with Crippen molar-refractivity contribution >= 4 is 24.6 Å². The molecule has 1 unspecified atom stereocenters. The highest BCUT2D eigenvalue weighted by Crippen LogP contribution is 2.31. The van der Waals surface area contributed by atoms with Crippen LogP contribution in [0.25, 0.3) is 0 Å². The van der Waals surface area contributed by atoms with E-state index in [1.54, 1.807) is 0 Å². The molecule has 2 amide bonds. The maximum atomic E-state index is 11.9. The fraction of sp³-hybridized carbons (Fsp3) is 0.500. The minimum atomic E-state index is -0.184. The van der Waals surface area contributed by atoms with Gasteiger partial charge < -0.3 is 0 Å². The molecule has 1 atom stereocenters.